The van der Waals surface area contributed by atoms with Crippen LogP contribution in [0.1, 0.15) is 22.9 Å². The molecule has 0 aliphatic heterocycles. The van der Waals surface area contributed by atoms with E-state index >= 15 is 0 Å². The van der Waals surface area contributed by atoms with Crippen LogP contribution >= 0.6 is 11.6 Å². The number of amides is 1. The quantitative estimate of drug-likeness (QED) is 0.936. The summed E-state index contributed by atoms with van der Waals surface area (Å²) in [5.74, 6) is 1.01. The van der Waals surface area contributed by atoms with Crippen molar-refractivity contribution in [3.8, 4) is 0 Å². The van der Waals surface area contributed by atoms with E-state index in [9.17, 15) is 4.79 Å². The Labute approximate surface area is 116 Å². The molecule has 0 bridgehead atoms. The van der Waals surface area contributed by atoms with E-state index in [1.54, 1.807) is 13.0 Å². The predicted octanol–water partition coefficient (Wildman–Crippen LogP) is 3.43. The van der Waals surface area contributed by atoms with Gasteiger partial charge in [-0.3, -0.25) is 4.79 Å². The molecule has 0 unspecified atom stereocenters. The highest BCUT2D eigenvalue weighted by atomic mass is 35.5. The zero-order chi connectivity index (χ0) is 14.0. The van der Waals surface area contributed by atoms with Crippen LogP contribution in [0.15, 0.2) is 22.6 Å². The average Bonchev–Trinajstić information content (AvgIpc) is 2.62. The first-order chi connectivity index (χ1) is 8.95. The van der Waals surface area contributed by atoms with E-state index in [0.29, 0.717) is 22.4 Å². The highest BCUT2D eigenvalue weighted by Gasteiger charge is 2.12. The summed E-state index contributed by atoms with van der Waals surface area (Å²) in [5, 5.41) is 3.41. The van der Waals surface area contributed by atoms with Gasteiger partial charge >= 0.3 is 0 Å². The van der Waals surface area contributed by atoms with Crippen molar-refractivity contribution in [2.75, 3.05) is 5.32 Å². The highest BCUT2D eigenvalue weighted by molar-refractivity contribution is 6.31. The molecule has 1 amide bonds. The lowest BCUT2D eigenvalue weighted by Crippen LogP contribution is -2.14. The van der Waals surface area contributed by atoms with Crippen LogP contribution in [0.5, 0.6) is 0 Å². The van der Waals surface area contributed by atoms with Crippen LogP contribution in [0.25, 0.3) is 0 Å². The second-order valence-corrected chi connectivity index (χ2v) is 4.84. The van der Waals surface area contributed by atoms with E-state index < -0.39 is 0 Å². The van der Waals surface area contributed by atoms with Crippen LogP contribution in [0.4, 0.5) is 5.69 Å². The van der Waals surface area contributed by atoms with Crippen LogP contribution in [0, 0.1) is 20.8 Å². The molecule has 0 radical (unpaired) electrons. The van der Waals surface area contributed by atoms with Gasteiger partial charge in [-0.15, -0.1) is 0 Å². The van der Waals surface area contributed by atoms with Gasteiger partial charge < -0.3 is 9.73 Å². The Balaban J connectivity index is 2.05. The van der Waals surface area contributed by atoms with Crippen LogP contribution in [0.2, 0.25) is 5.02 Å². The number of hydrogen-bond donors (Lipinski definition) is 1. The molecule has 0 saturated carbocycles. The molecule has 2 rings (SSSR count). The summed E-state index contributed by atoms with van der Waals surface area (Å²) in [6.45, 7) is 5.49. The third-order valence-corrected chi connectivity index (χ3v) is 3.18. The zero-order valence-electron chi connectivity index (χ0n) is 11.1. The number of carbonyl (C=O) groups is 1. The Morgan fingerprint density at radius 2 is 2.11 bits per heavy atom. The van der Waals surface area contributed by atoms with Gasteiger partial charge in [0.05, 0.1) is 12.1 Å². The molecule has 1 heterocycles. The molecule has 100 valence electrons. The molecule has 0 spiro atoms. The number of benzene rings is 1. The third kappa shape index (κ3) is 3.35. The summed E-state index contributed by atoms with van der Waals surface area (Å²) in [6.07, 6.45) is 0.165. The Kier molecular flexibility index (Phi) is 3.90. The summed E-state index contributed by atoms with van der Waals surface area (Å²) in [5.41, 5.74) is 2.39. The van der Waals surface area contributed by atoms with Gasteiger partial charge in [0.1, 0.15) is 5.76 Å². The van der Waals surface area contributed by atoms with E-state index in [4.69, 9.17) is 16.0 Å². The maximum Gasteiger partial charge on any atom is 0.232 e. The summed E-state index contributed by atoms with van der Waals surface area (Å²) < 4.78 is 5.37. The van der Waals surface area contributed by atoms with Gasteiger partial charge in [0.15, 0.2) is 5.89 Å². The van der Waals surface area contributed by atoms with Gasteiger partial charge in [0.25, 0.3) is 0 Å². The minimum Gasteiger partial charge on any atom is -0.445 e. The fraction of sp³-hybridized carbons (Fsp3) is 0.286. The molecule has 1 aromatic carbocycles. The number of carbonyl (C=O) groups excluding carboxylic acids is 1. The lowest BCUT2D eigenvalue weighted by molar-refractivity contribution is -0.115. The number of oxazole rings is 1. The number of aryl methyl sites for hydroxylation is 3. The molecule has 0 aliphatic rings. The molecule has 4 nitrogen and oxygen atoms in total. The van der Waals surface area contributed by atoms with Crippen molar-refractivity contribution in [3.05, 3.63) is 46.1 Å². The number of anilines is 1. The van der Waals surface area contributed by atoms with Crippen LogP contribution in [-0.4, -0.2) is 10.9 Å². The van der Waals surface area contributed by atoms with Crippen molar-refractivity contribution >= 4 is 23.2 Å². The summed E-state index contributed by atoms with van der Waals surface area (Å²) in [7, 11) is 0. The molecule has 1 N–H and O–H groups in total. The molecule has 0 saturated heterocycles. The summed E-state index contributed by atoms with van der Waals surface area (Å²) >= 11 is 6.01. The minimum absolute atomic E-state index is 0.154. The van der Waals surface area contributed by atoms with E-state index in [1.807, 2.05) is 26.0 Å². The number of nitrogens with one attached hydrogen (secondary N) is 1. The minimum atomic E-state index is -0.154. The van der Waals surface area contributed by atoms with Gasteiger partial charge in [-0.05, 0) is 31.5 Å². The van der Waals surface area contributed by atoms with Gasteiger partial charge in [-0.25, -0.2) is 4.98 Å². The van der Waals surface area contributed by atoms with Crippen LogP contribution < -0.4 is 5.32 Å². The van der Waals surface area contributed by atoms with E-state index in [2.05, 4.69) is 10.3 Å². The monoisotopic (exact) mass is 278 g/mol. The largest absolute Gasteiger partial charge is 0.445 e. The number of halogens is 1. The zero-order valence-corrected chi connectivity index (χ0v) is 11.8. The van der Waals surface area contributed by atoms with Crippen molar-refractivity contribution in [2.24, 2.45) is 0 Å². The summed E-state index contributed by atoms with van der Waals surface area (Å²) in [4.78, 5) is 16.0. The van der Waals surface area contributed by atoms with E-state index in [0.717, 1.165) is 11.3 Å². The lowest BCUT2D eigenvalue weighted by Gasteiger charge is -2.06. The normalized spacial score (nSPS) is 10.5. The summed E-state index contributed by atoms with van der Waals surface area (Å²) in [6, 6.07) is 5.41. The molecule has 5 heteroatoms. The molecule has 1 aromatic heterocycles. The number of nitrogens with zero attached hydrogens (tertiary/aromatic N) is 1. The van der Waals surface area contributed by atoms with E-state index in [1.165, 1.54) is 0 Å². The molecular weight excluding hydrogens is 264 g/mol. The standard InChI is InChI=1S/C14H15ClN2O2/c1-8-4-5-11(6-12(8)15)17-14(18)7-13-9(2)16-10(3)19-13/h4-6H,7H2,1-3H3,(H,17,18). The van der Waals surface area contributed by atoms with Crippen LogP contribution in [-0.2, 0) is 11.2 Å². The average molecular weight is 279 g/mol. The van der Waals surface area contributed by atoms with Crippen molar-refractivity contribution in [1.29, 1.82) is 0 Å². The Hall–Kier alpha value is -1.81. The fourth-order valence-corrected chi connectivity index (χ4v) is 1.94. The Bertz CT molecular complexity index is 620. The first-order valence-corrected chi connectivity index (χ1v) is 6.32. The molecule has 0 aliphatic carbocycles. The van der Waals surface area contributed by atoms with Gasteiger partial charge in [-0.2, -0.15) is 0 Å². The van der Waals surface area contributed by atoms with Crippen LogP contribution in [0.3, 0.4) is 0 Å². The van der Waals surface area contributed by atoms with Crippen molar-refractivity contribution in [2.45, 2.75) is 27.2 Å². The SMILES string of the molecule is Cc1nc(C)c(CC(=O)Nc2ccc(C)c(Cl)c2)o1. The topological polar surface area (TPSA) is 55.1 Å². The molecule has 0 atom stereocenters. The second kappa shape index (κ2) is 5.45. The van der Waals surface area contributed by atoms with Crippen molar-refractivity contribution < 1.29 is 9.21 Å². The van der Waals surface area contributed by atoms with Crippen molar-refractivity contribution in [3.63, 3.8) is 0 Å². The number of aromatic nitrogens is 1. The maximum absolute atomic E-state index is 11.9. The molecule has 2 aromatic rings. The maximum atomic E-state index is 11.9. The smallest absolute Gasteiger partial charge is 0.232 e. The number of hydrogen-bond acceptors (Lipinski definition) is 3. The first kappa shape index (κ1) is 13.6. The van der Waals surface area contributed by atoms with Gasteiger partial charge in [0.2, 0.25) is 5.91 Å². The second-order valence-electron chi connectivity index (χ2n) is 4.43. The Morgan fingerprint density at radius 1 is 1.37 bits per heavy atom. The number of rotatable bonds is 3. The predicted molar refractivity (Wildman–Crippen MR) is 74.5 cm³/mol. The first-order valence-electron chi connectivity index (χ1n) is 5.94. The molecular formula is C14H15ClN2O2. The third-order valence-electron chi connectivity index (χ3n) is 2.78. The van der Waals surface area contributed by atoms with Crippen molar-refractivity contribution in [1.82, 2.24) is 4.98 Å². The highest BCUT2D eigenvalue weighted by Crippen LogP contribution is 2.20. The molecule has 0 fully saturated rings. The lowest BCUT2D eigenvalue weighted by atomic mass is 10.2. The fourth-order valence-electron chi connectivity index (χ4n) is 1.76. The van der Waals surface area contributed by atoms with Gasteiger partial charge in [-0.1, -0.05) is 17.7 Å². The molecule has 19 heavy (non-hydrogen) atoms. The van der Waals surface area contributed by atoms with E-state index in [-0.39, 0.29) is 12.3 Å². The Morgan fingerprint density at radius 3 is 2.68 bits per heavy atom. The van der Waals surface area contributed by atoms with Gasteiger partial charge in [0, 0.05) is 17.6 Å².